The summed E-state index contributed by atoms with van der Waals surface area (Å²) in [5.74, 6) is -0.518. The van der Waals surface area contributed by atoms with Crippen LogP contribution in [0.2, 0.25) is 0 Å². The van der Waals surface area contributed by atoms with E-state index in [1.807, 2.05) is 24.3 Å². The maximum atomic E-state index is 13.3. The van der Waals surface area contributed by atoms with E-state index < -0.39 is 38.5 Å². The average molecular weight is 470 g/mol. The molecule has 2 aromatic carbocycles. The average Bonchev–Trinajstić information content (AvgIpc) is 2.77. The van der Waals surface area contributed by atoms with Crippen molar-refractivity contribution in [2.45, 2.75) is 50.3 Å². The van der Waals surface area contributed by atoms with Crippen LogP contribution in [0, 0.1) is 5.92 Å². The van der Waals surface area contributed by atoms with Crippen LogP contribution < -0.4 is 0 Å². The topological polar surface area (TPSA) is 63.7 Å². The molecule has 1 heterocycles. The third-order valence-corrected chi connectivity index (χ3v) is 7.58. The predicted octanol–water partition coefficient (Wildman–Crippen LogP) is 4.97. The molecule has 0 bridgehead atoms. The van der Waals surface area contributed by atoms with Crippen molar-refractivity contribution in [3.05, 3.63) is 65.2 Å². The number of carbonyl (C=O) groups excluding carboxylic acids is 1. The Morgan fingerprint density at radius 3 is 2.22 bits per heavy atom. The van der Waals surface area contributed by atoms with Gasteiger partial charge < -0.3 is 4.74 Å². The minimum Gasteiger partial charge on any atom is -0.461 e. The summed E-state index contributed by atoms with van der Waals surface area (Å²) >= 11 is 0. The Morgan fingerprint density at radius 1 is 1.06 bits per heavy atom. The van der Waals surface area contributed by atoms with Crippen molar-refractivity contribution in [3.63, 3.8) is 0 Å². The highest BCUT2D eigenvalue weighted by atomic mass is 32.2. The van der Waals surface area contributed by atoms with Crippen LogP contribution >= 0.6 is 0 Å². The molecule has 32 heavy (non-hydrogen) atoms. The first-order chi connectivity index (χ1) is 15.0. The van der Waals surface area contributed by atoms with E-state index >= 15 is 0 Å². The molecule has 0 N–H and O–H groups in total. The van der Waals surface area contributed by atoms with E-state index in [0.717, 1.165) is 28.1 Å². The molecular formula is C23H26F3NO4S. The number of piperidine rings is 1. The third kappa shape index (κ3) is 5.50. The van der Waals surface area contributed by atoms with Crippen molar-refractivity contribution in [2.24, 2.45) is 5.92 Å². The number of nitrogens with zero attached hydrogens (tertiary/aromatic N) is 1. The highest BCUT2D eigenvalue weighted by Gasteiger charge is 2.40. The molecule has 9 heteroatoms. The van der Waals surface area contributed by atoms with Gasteiger partial charge in [-0.1, -0.05) is 50.2 Å². The lowest BCUT2D eigenvalue weighted by Crippen LogP contribution is -2.41. The Bertz CT molecular complexity index is 1040. The summed E-state index contributed by atoms with van der Waals surface area (Å²) in [6.07, 6.45) is -4.39. The maximum absolute atomic E-state index is 13.3. The summed E-state index contributed by atoms with van der Waals surface area (Å²) in [5, 5.41) is 0. The van der Waals surface area contributed by atoms with Crippen LogP contribution in [0.5, 0.6) is 0 Å². The van der Waals surface area contributed by atoms with Crippen molar-refractivity contribution in [2.75, 3.05) is 13.1 Å². The second-order valence-electron chi connectivity index (χ2n) is 8.18. The Kier molecular flexibility index (Phi) is 7.29. The summed E-state index contributed by atoms with van der Waals surface area (Å²) in [4.78, 5) is 11.7. The molecule has 1 aliphatic heterocycles. The smallest absolute Gasteiger partial charge is 0.417 e. The number of rotatable bonds is 6. The molecular weight excluding hydrogens is 443 g/mol. The Morgan fingerprint density at radius 2 is 1.66 bits per heavy atom. The first kappa shape index (κ1) is 24.3. The molecule has 1 aliphatic rings. The molecule has 0 spiro atoms. The van der Waals surface area contributed by atoms with Crippen LogP contribution in [0.25, 0.3) is 0 Å². The lowest BCUT2D eigenvalue weighted by molar-refractivity contribution is -0.151. The molecule has 0 radical (unpaired) electrons. The number of benzene rings is 2. The van der Waals surface area contributed by atoms with Gasteiger partial charge in [0.2, 0.25) is 10.0 Å². The zero-order chi connectivity index (χ0) is 23.5. The van der Waals surface area contributed by atoms with E-state index in [2.05, 4.69) is 13.8 Å². The van der Waals surface area contributed by atoms with Gasteiger partial charge in [-0.3, -0.25) is 4.79 Å². The number of alkyl halides is 3. The van der Waals surface area contributed by atoms with Gasteiger partial charge in [0.15, 0.2) is 0 Å². The van der Waals surface area contributed by atoms with Gasteiger partial charge in [0, 0.05) is 13.1 Å². The van der Waals surface area contributed by atoms with Gasteiger partial charge in [-0.25, -0.2) is 8.42 Å². The third-order valence-electron chi connectivity index (χ3n) is 5.63. The van der Waals surface area contributed by atoms with Crippen molar-refractivity contribution in [1.29, 1.82) is 0 Å². The Balaban J connectivity index is 1.59. The SMILES string of the molecule is CC(C)c1ccc(COC(=O)C2CCN(S(=O)(=O)c3ccccc3C(F)(F)F)CC2)cc1. The number of hydrogen-bond acceptors (Lipinski definition) is 4. The van der Waals surface area contributed by atoms with Crippen LogP contribution in [-0.4, -0.2) is 31.8 Å². The highest BCUT2D eigenvalue weighted by molar-refractivity contribution is 7.89. The highest BCUT2D eigenvalue weighted by Crippen LogP contribution is 2.36. The molecule has 0 atom stereocenters. The Labute approximate surface area is 186 Å². The van der Waals surface area contributed by atoms with Gasteiger partial charge in [0.1, 0.15) is 6.61 Å². The van der Waals surface area contributed by atoms with Crippen LogP contribution in [0.4, 0.5) is 13.2 Å². The van der Waals surface area contributed by atoms with E-state index in [1.165, 1.54) is 11.6 Å². The normalized spacial score (nSPS) is 16.3. The summed E-state index contributed by atoms with van der Waals surface area (Å²) in [5.41, 5.74) is 0.845. The number of ether oxygens (including phenoxy) is 1. The van der Waals surface area contributed by atoms with Crippen molar-refractivity contribution < 1.29 is 31.1 Å². The summed E-state index contributed by atoms with van der Waals surface area (Å²) in [6, 6.07) is 11.9. The number of halogens is 3. The summed E-state index contributed by atoms with van der Waals surface area (Å²) < 4.78 is 71.8. The van der Waals surface area contributed by atoms with Gasteiger partial charge in [0.25, 0.3) is 0 Å². The first-order valence-corrected chi connectivity index (χ1v) is 11.9. The van der Waals surface area contributed by atoms with Crippen LogP contribution in [-0.2, 0) is 32.3 Å². The molecule has 0 aliphatic carbocycles. The standard InChI is InChI=1S/C23H26F3NO4S/c1-16(2)18-9-7-17(8-10-18)15-31-22(28)19-11-13-27(14-12-19)32(29,30)21-6-4-3-5-20(21)23(24,25)26/h3-10,16,19H,11-15H2,1-2H3. The largest absolute Gasteiger partial charge is 0.461 e. The quantitative estimate of drug-likeness (QED) is 0.561. The Hall–Kier alpha value is -2.39. The monoisotopic (exact) mass is 469 g/mol. The van der Waals surface area contributed by atoms with E-state index in [0.29, 0.717) is 5.92 Å². The van der Waals surface area contributed by atoms with Gasteiger partial charge in [-0.15, -0.1) is 0 Å². The fourth-order valence-electron chi connectivity index (χ4n) is 3.67. The first-order valence-electron chi connectivity index (χ1n) is 10.4. The van der Waals surface area contributed by atoms with E-state index in [1.54, 1.807) is 0 Å². The summed E-state index contributed by atoms with van der Waals surface area (Å²) in [7, 11) is -4.33. The van der Waals surface area contributed by atoms with Gasteiger partial charge in [0.05, 0.1) is 16.4 Å². The molecule has 2 aromatic rings. The lowest BCUT2D eigenvalue weighted by atomic mass is 9.98. The second kappa shape index (κ2) is 9.62. The van der Waals surface area contributed by atoms with Crippen LogP contribution in [0.1, 0.15) is 49.3 Å². The fraction of sp³-hybridized carbons (Fsp3) is 0.435. The number of sulfonamides is 1. The minimum atomic E-state index is -4.78. The van der Waals surface area contributed by atoms with Crippen molar-refractivity contribution in [3.8, 4) is 0 Å². The van der Waals surface area contributed by atoms with E-state index in [9.17, 15) is 26.4 Å². The van der Waals surface area contributed by atoms with Gasteiger partial charge in [-0.05, 0) is 42.0 Å². The molecule has 3 rings (SSSR count). The van der Waals surface area contributed by atoms with Gasteiger partial charge >= 0.3 is 12.1 Å². The molecule has 0 amide bonds. The minimum absolute atomic E-state index is 0.0443. The zero-order valence-electron chi connectivity index (χ0n) is 17.9. The predicted molar refractivity (Wildman–Crippen MR) is 113 cm³/mol. The molecule has 0 unspecified atom stereocenters. The summed E-state index contributed by atoms with van der Waals surface area (Å²) in [6.45, 7) is 4.20. The van der Waals surface area contributed by atoms with E-state index in [4.69, 9.17) is 4.74 Å². The molecule has 5 nitrogen and oxygen atoms in total. The number of esters is 1. The van der Waals surface area contributed by atoms with Crippen LogP contribution in [0.3, 0.4) is 0 Å². The fourth-order valence-corrected chi connectivity index (χ4v) is 5.35. The molecule has 0 aromatic heterocycles. The molecule has 1 saturated heterocycles. The van der Waals surface area contributed by atoms with Gasteiger partial charge in [-0.2, -0.15) is 17.5 Å². The van der Waals surface area contributed by atoms with Crippen molar-refractivity contribution >= 4 is 16.0 Å². The molecule has 0 saturated carbocycles. The molecule has 174 valence electrons. The maximum Gasteiger partial charge on any atom is 0.417 e. The van der Waals surface area contributed by atoms with Crippen molar-refractivity contribution in [1.82, 2.24) is 4.31 Å². The number of carbonyl (C=O) groups is 1. The zero-order valence-corrected chi connectivity index (χ0v) is 18.7. The molecule has 1 fully saturated rings. The number of hydrogen-bond donors (Lipinski definition) is 0. The van der Waals surface area contributed by atoms with Crippen LogP contribution in [0.15, 0.2) is 53.4 Å². The second-order valence-corrected chi connectivity index (χ2v) is 10.1. The lowest BCUT2D eigenvalue weighted by Gasteiger charge is -2.30. The van der Waals surface area contributed by atoms with E-state index in [-0.39, 0.29) is 32.5 Å².